The first-order chi connectivity index (χ1) is 14.6. The molecule has 0 spiro atoms. The highest BCUT2D eigenvalue weighted by molar-refractivity contribution is 7.14. The van der Waals surface area contributed by atoms with Crippen LogP contribution in [0.5, 0.6) is 0 Å². The molecule has 1 aliphatic heterocycles. The maximum Gasteiger partial charge on any atom is 0.240 e. The van der Waals surface area contributed by atoms with E-state index in [-0.39, 0.29) is 18.6 Å². The van der Waals surface area contributed by atoms with Crippen molar-refractivity contribution in [3.63, 3.8) is 0 Å². The molecule has 1 fully saturated rings. The summed E-state index contributed by atoms with van der Waals surface area (Å²) in [7, 11) is 0. The van der Waals surface area contributed by atoms with Gasteiger partial charge < -0.3 is 14.5 Å². The summed E-state index contributed by atoms with van der Waals surface area (Å²) in [4.78, 5) is 18.9. The third kappa shape index (κ3) is 5.29. The number of furan rings is 1. The minimum Gasteiger partial charge on any atom is -0.468 e. The maximum atomic E-state index is 13.5. The van der Waals surface area contributed by atoms with E-state index in [4.69, 9.17) is 9.15 Å². The van der Waals surface area contributed by atoms with Crippen molar-refractivity contribution in [2.45, 2.75) is 25.5 Å². The number of nitrogens with one attached hydrogen (secondary N) is 1. The van der Waals surface area contributed by atoms with Crippen LogP contribution in [0.1, 0.15) is 18.6 Å². The highest BCUT2D eigenvalue weighted by Crippen LogP contribution is 2.26. The molecule has 1 amide bonds. The van der Waals surface area contributed by atoms with Gasteiger partial charge in [-0.1, -0.05) is 0 Å². The van der Waals surface area contributed by atoms with E-state index >= 15 is 0 Å². The highest BCUT2D eigenvalue weighted by Gasteiger charge is 2.22. The van der Waals surface area contributed by atoms with Crippen molar-refractivity contribution < 1.29 is 22.7 Å². The van der Waals surface area contributed by atoms with Gasteiger partial charge in [0.15, 0.2) is 16.8 Å². The van der Waals surface area contributed by atoms with Crippen LogP contribution in [0.4, 0.5) is 13.9 Å². The van der Waals surface area contributed by atoms with E-state index in [1.165, 1.54) is 17.4 Å². The van der Waals surface area contributed by atoms with Gasteiger partial charge in [-0.05, 0) is 43.2 Å². The van der Waals surface area contributed by atoms with Gasteiger partial charge in [-0.25, -0.2) is 13.8 Å². The largest absolute Gasteiger partial charge is 0.468 e. The number of nitrogens with zero attached hydrogens (tertiary/aromatic N) is 2. The van der Waals surface area contributed by atoms with Crippen molar-refractivity contribution in [3.8, 4) is 11.3 Å². The van der Waals surface area contributed by atoms with Crippen LogP contribution in [0.15, 0.2) is 46.4 Å². The number of thiazole rings is 1. The number of hydrogen-bond donors (Lipinski definition) is 1. The number of aromatic nitrogens is 1. The summed E-state index contributed by atoms with van der Waals surface area (Å²) in [6.07, 6.45) is 3.71. The quantitative estimate of drug-likeness (QED) is 0.574. The Morgan fingerprint density at radius 1 is 1.30 bits per heavy atom. The van der Waals surface area contributed by atoms with Crippen molar-refractivity contribution >= 4 is 22.4 Å². The summed E-state index contributed by atoms with van der Waals surface area (Å²) in [6, 6.07) is 7.28. The van der Waals surface area contributed by atoms with E-state index in [2.05, 4.69) is 10.3 Å². The Hall–Kier alpha value is -2.62. The van der Waals surface area contributed by atoms with Gasteiger partial charge in [0.2, 0.25) is 5.91 Å². The van der Waals surface area contributed by atoms with E-state index in [1.807, 2.05) is 17.0 Å². The maximum absolute atomic E-state index is 13.5. The molecule has 3 aromatic rings. The molecule has 158 valence electrons. The van der Waals surface area contributed by atoms with Crippen molar-refractivity contribution in [1.82, 2.24) is 9.88 Å². The number of carbonyl (C=O) groups is 1. The second-order valence-electron chi connectivity index (χ2n) is 7.10. The zero-order chi connectivity index (χ0) is 20.9. The fourth-order valence-corrected chi connectivity index (χ4v) is 4.10. The fraction of sp³-hybridized carbons (Fsp3) is 0.333. The highest BCUT2D eigenvalue weighted by atomic mass is 32.1. The fourth-order valence-electron chi connectivity index (χ4n) is 3.37. The molecule has 9 heteroatoms. The van der Waals surface area contributed by atoms with Crippen LogP contribution < -0.4 is 5.32 Å². The molecule has 0 radical (unpaired) electrons. The van der Waals surface area contributed by atoms with Gasteiger partial charge in [0.1, 0.15) is 5.76 Å². The molecule has 1 saturated heterocycles. The number of benzene rings is 1. The van der Waals surface area contributed by atoms with Crippen LogP contribution in [0, 0.1) is 11.6 Å². The number of carbonyl (C=O) groups excluding carboxylic acids is 1. The van der Waals surface area contributed by atoms with Gasteiger partial charge in [0.05, 0.1) is 31.2 Å². The van der Waals surface area contributed by atoms with Crippen LogP contribution in [-0.4, -0.2) is 41.6 Å². The number of halogens is 2. The first kappa shape index (κ1) is 20.6. The summed E-state index contributed by atoms with van der Waals surface area (Å²) in [5, 5.41) is 4.87. The van der Waals surface area contributed by atoms with Crippen molar-refractivity contribution in [2.24, 2.45) is 0 Å². The summed E-state index contributed by atoms with van der Waals surface area (Å²) < 4.78 is 37.7. The number of anilines is 1. The molecule has 2 aromatic heterocycles. The Bertz CT molecular complexity index is 987. The molecule has 0 bridgehead atoms. The van der Waals surface area contributed by atoms with Crippen LogP contribution in [0.3, 0.4) is 0 Å². The first-order valence-corrected chi connectivity index (χ1v) is 10.5. The summed E-state index contributed by atoms with van der Waals surface area (Å²) in [6.45, 7) is 2.03. The molecule has 4 rings (SSSR count). The third-order valence-corrected chi connectivity index (χ3v) is 5.54. The zero-order valence-electron chi connectivity index (χ0n) is 16.1. The monoisotopic (exact) mass is 433 g/mol. The predicted octanol–water partition coefficient (Wildman–Crippen LogP) is 4.30. The molecule has 1 atom stereocenters. The lowest BCUT2D eigenvalue weighted by Crippen LogP contribution is -2.37. The van der Waals surface area contributed by atoms with E-state index in [0.717, 1.165) is 37.3 Å². The number of amides is 1. The molecular weight excluding hydrogens is 412 g/mol. The lowest BCUT2D eigenvalue weighted by atomic mass is 10.2. The molecule has 3 heterocycles. The van der Waals surface area contributed by atoms with Crippen LogP contribution in [-0.2, 0) is 16.1 Å². The molecule has 30 heavy (non-hydrogen) atoms. The van der Waals surface area contributed by atoms with E-state index in [0.29, 0.717) is 29.5 Å². The minimum atomic E-state index is -0.936. The van der Waals surface area contributed by atoms with Gasteiger partial charge in [0, 0.05) is 24.1 Å². The van der Waals surface area contributed by atoms with E-state index in [9.17, 15) is 13.6 Å². The molecule has 1 N–H and O–H groups in total. The van der Waals surface area contributed by atoms with Gasteiger partial charge >= 0.3 is 0 Å². The lowest BCUT2D eigenvalue weighted by Gasteiger charge is -2.23. The van der Waals surface area contributed by atoms with E-state index < -0.39 is 11.6 Å². The average molecular weight is 433 g/mol. The Kier molecular flexibility index (Phi) is 6.51. The molecule has 1 aliphatic rings. The van der Waals surface area contributed by atoms with Crippen LogP contribution in [0.25, 0.3) is 11.3 Å². The van der Waals surface area contributed by atoms with Crippen molar-refractivity contribution in [2.75, 3.05) is 25.0 Å². The number of rotatable bonds is 8. The van der Waals surface area contributed by atoms with Crippen LogP contribution in [0.2, 0.25) is 0 Å². The standard InChI is InChI=1S/C21H21F2N3O3S/c22-17-6-5-14(9-18(17)23)19-13-30-21(24-19)25-20(27)12-26(10-15-3-1-7-28-15)11-16-4-2-8-29-16/h1,3,5-7,9,13,16H,2,4,8,10-12H2,(H,24,25,27). The SMILES string of the molecule is O=C(CN(Cc1ccco1)CC1CCCO1)Nc1nc(-c2ccc(F)c(F)c2)cs1. The molecule has 6 nitrogen and oxygen atoms in total. The molecule has 1 unspecified atom stereocenters. The van der Waals surface area contributed by atoms with Crippen molar-refractivity contribution in [1.29, 1.82) is 0 Å². The second kappa shape index (κ2) is 9.46. The predicted molar refractivity (Wildman–Crippen MR) is 109 cm³/mol. The van der Waals surface area contributed by atoms with E-state index in [1.54, 1.807) is 11.6 Å². The normalized spacial score (nSPS) is 16.3. The zero-order valence-corrected chi connectivity index (χ0v) is 17.0. The van der Waals surface area contributed by atoms with Gasteiger partial charge in [-0.3, -0.25) is 9.69 Å². The van der Waals surface area contributed by atoms with Gasteiger partial charge in [-0.15, -0.1) is 11.3 Å². The Morgan fingerprint density at radius 3 is 2.93 bits per heavy atom. The summed E-state index contributed by atoms with van der Waals surface area (Å²) in [5.74, 6) is -1.29. The smallest absolute Gasteiger partial charge is 0.240 e. The Morgan fingerprint density at radius 2 is 2.20 bits per heavy atom. The van der Waals surface area contributed by atoms with Crippen LogP contribution >= 0.6 is 11.3 Å². The summed E-state index contributed by atoms with van der Waals surface area (Å²) in [5.41, 5.74) is 0.921. The molecule has 0 aliphatic carbocycles. The third-order valence-electron chi connectivity index (χ3n) is 4.78. The second-order valence-corrected chi connectivity index (χ2v) is 7.96. The lowest BCUT2D eigenvalue weighted by molar-refractivity contribution is -0.117. The molecular formula is C21H21F2N3O3S. The topological polar surface area (TPSA) is 67.6 Å². The van der Waals surface area contributed by atoms with Crippen molar-refractivity contribution in [3.05, 3.63) is 59.4 Å². The minimum absolute atomic E-state index is 0.104. The molecule has 1 aromatic carbocycles. The molecule has 0 saturated carbocycles. The average Bonchev–Trinajstić information content (AvgIpc) is 3.47. The van der Waals surface area contributed by atoms with Gasteiger partial charge in [-0.2, -0.15) is 0 Å². The Balaban J connectivity index is 1.38. The van der Waals surface area contributed by atoms with Gasteiger partial charge in [0.25, 0.3) is 0 Å². The summed E-state index contributed by atoms with van der Waals surface area (Å²) >= 11 is 1.23. The first-order valence-electron chi connectivity index (χ1n) is 9.64. The number of hydrogen-bond acceptors (Lipinski definition) is 6. The Labute approximate surface area is 176 Å². The number of ether oxygens (including phenoxy) is 1.